The number of fused-ring (bicyclic) bond motifs is 4. The van der Waals surface area contributed by atoms with Gasteiger partial charge in [-0.2, -0.15) is 0 Å². The summed E-state index contributed by atoms with van der Waals surface area (Å²) in [6.07, 6.45) is 0. The van der Waals surface area contributed by atoms with Gasteiger partial charge in [0.15, 0.2) is 0 Å². The highest BCUT2D eigenvalue weighted by molar-refractivity contribution is 6.01. The zero-order chi connectivity index (χ0) is 28.6. The highest BCUT2D eigenvalue weighted by Gasteiger charge is 2.35. The lowest BCUT2D eigenvalue weighted by Crippen LogP contribution is -2.14. The van der Waals surface area contributed by atoms with Crippen LogP contribution in [0.2, 0.25) is 0 Å². The number of pyridine rings is 1. The number of benzene rings is 4. The summed E-state index contributed by atoms with van der Waals surface area (Å²) in [4.78, 5) is 5.04. The van der Waals surface area contributed by atoms with E-state index >= 15 is 0 Å². The van der Waals surface area contributed by atoms with Crippen molar-refractivity contribution < 1.29 is 8.22 Å². The second kappa shape index (κ2) is 7.40. The molecule has 1 aliphatic rings. The van der Waals surface area contributed by atoms with Crippen molar-refractivity contribution in [3.63, 3.8) is 0 Å². The molecule has 1 aromatic heterocycles. The van der Waals surface area contributed by atoms with Crippen LogP contribution in [0.1, 0.15) is 49.7 Å². The molecule has 0 saturated carbocycles. The van der Waals surface area contributed by atoms with Crippen molar-refractivity contribution in [2.75, 3.05) is 0 Å². The summed E-state index contributed by atoms with van der Waals surface area (Å²) in [5, 5.41) is 0.846. The van der Waals surface area contributed by atoms with Crippen LogP contribution in [0.15, 0.2) is 84.9 Å². The number of nitrogens with zero attached hydrogens (tertiary/aromatic N) is 1. The van der Waals surface area contributed by atoms with E-state index in [1.54, 1.807) is 18.2 Å². The molecule has 1 nitrogen and oxygen atoms in total. The number of aromatic nitrogens is 1. The van der Waals surface area contributed by atoms with Crippen LogP contribution in [-0.4, -0.2) is 4.98 Å². The predicted octanol–water partition coefficient (Wildman–Crippen LogP) is 8.80. The van der Waals surface area contributed by atoms with E-state index in [2.05, 4.69) is 36.4 Å². The molecule has 0 N–H and O–H groups in total. The minimum atomic E-state index is -2.82. The van der Waals surface area contributed by atoms with Crippen LogP contribution in [0.4, 0.5) is 0 Å². The van der Waals surface area contributed by atoms with Gasteiger partial charge < -0.3 is 0 Å². The molecular formula is C33H29N. The average molecular weight is 446 g/mol. The number of hydrogen-bond acceptors (Lipinski definition) is 1. The molecule has 166 valence electrons. The van der Waals surface area contributed by atoms with E-state index in [0.29, 0.717) is 22.2 Å². The van der Waals surface area contributed by atoms with Gasteiger partial charge in [0.2, 0.25) is 0 Å². The minimum absolute atomic E-state index is 0.279. The Bertz CT molecular complexity index is 1780. The van der Waals surface area contributed by atoms with E-state index in [4.69, 9.17) is 13.2 Å². The van der Waals surface area contributed by atoms with Crippen molar-refractivity contribution in [2.24, 2.45) is 0 Å². The molecule has 0 atom stereocenters. The lowest BCUT2D eigenvalue weighted by atomic mass is 9.82. The van der Waals surface area contributed by atoms with Gasteiger partial charge in [-0.25, -0.2) is 4.98 Å². The maximum atomic E-state index is 8.58. The zero-order valence-electron chi connectivity index (χ0n) is 25.5. The summed E-state index contributed by atoms with van der Waals surface area (Å²) < 4.78 is 51.5. The lowest BCUT2D eigenvalue weighted by Gasteiger charge is -2.22. The molecule has 0 bridgehead atoms. The quantitative estimate of drug-likeness (QED) is 0.264. The van der Waals surface area contributed by atoms with Crippen molar-refractivity contribution in [2.45, 2.75) is 39.9 Å². The Kier molecular flexibility index (Phi) is 3.32. The molecule has 34 heavy (non-hydrogen) atoms. The highest BCUT2D eigenvalue weighted by atomic mass is 14.7. The third-order valence-electron chi connectivity index (χ3n) is 6.82. The summed E-state index contributed by atoms with van der Waals surface area (Å²) >= 11 is 0. The van der Waals surface area contributed by atoms with Gasteiger partial charge in [-0.15, -0.1) is 0 Å². The minimum Gasteiger partial charge on any atom is -0.248 e. The van der Waals surface area contributed by atoms with Gasteiger partial charge in [-0.1, -0.05) is 85.0 Å². The molecule has 5 aromatic rings. The maximum Gasteiger partial charge on any atom is 0.0719 e. The smallest absolute Gasteiger partial charge is 0.0719 e. The Morgan fingerprint density at radius 1 is 0.618 bits per heavy atom. The predicted molar refractivity (Wildman–Crippen MR) is 144 cm³/mol. The molecule has 0 radical (unpaired) electrons. The van der Waals surface area contributed by atoms with Crippen LogP contribution < -0.4 is 0 Å². The maximum absolute atomic E-state index is 8.58. The van der Waals surface area contributed by atoms with Gasteiger partial charge in [-0.3, -0.25) is 0 Å². The van der Waals surface area contributed by atoms with Crippen molar-refractivity contribution in [1.29, 1.82) is 0 Å². The van der Waals surface area contributed by atoms with E-state index in [0.717, 1.165) is 44.5 Å². The van der Waals surface area contributed by atoms with Crippen LogP contribution in [0.25, 0.3) is 44.4 Å². The van der Waals surface area contributed by atoms with Crippen molar-refractivity contribution >= 4 is 10.9 Å². The van der Waals surface area contributed by atoms with Crippen molar-refractivity contribution in [3.05, 3.63) is 113 Å². The summed E-state index contributed by atoms with van der Waals surface area (Å²) in [6, 6.07) is 27.3. The van der Waals surface area contributed by atoms with Crippen LogP contribution in [-0.2, 0) is 5.41 Å². The molecule has 0 aliphatic heterocycles. The average Bonchev–Trinajstić information content (AvgIpc) is 3.17. The Balaban J connectivity index is 1.77. The largest absolute Gasteiger partial charge is 0.248 e. The standard InChI is InChI=1S/C33H29N/c1-20-9-8-10-23(14-20)26-18-31(24-15-21(2)13-22(3)16-24)34-32-19-30-27(17-28(26)32)25-11-6-7-12-29(25)33(30,4)5/h6-19H,1-5H3/i4D3,5D3. The highest BCUT2D eigenvalue weighted by Crippen LogP contribution is 2.50. The molecule has 4 aromatic carbocycles. The Morgan fingerprint density at radius 3 is 2.15 bits per heavy atom. The van der Waals surface area contributed by atoms with Gasteiger partial charge in [0, 0.05) is 24.6 Å². The van der Waals surface area contributed by atoms with Gasteiger partial charge >= 0.3 is 0 Å². The molecule has 0 saturated heterocycles. The lowest BCUT2D eigenvalue weighted by molar-refractivity contribution is 0.661. The summed E-state index contributed by atoms with van der Waals surface area (Å²) in [7, 11) is 0. The van der Waals surface area contributed by atoms with Crippen LogP contribution in [0.3, 0.4) is 0 Å². The summed E-state index contributed by atoms with van der Waals surface area (Å²) in [5.41, 5.74) is 7.29. The van der Waals surface area contributed by atoms with Crippen LogP contribution >= 0.6 is 0 Å². The van der Waals surface area contributed by atoms with Crippen molar-refractivity contribution in [1.82, 2.24) is 4.98 Å². The van der Waals surface area contributed by atoms with Gasteiger partial charge in [0.1, 0.15) is 0 Å². The second-order valence-electron chi connectivity index (χ2n) is 9.51. The number of hydrogen-bond donors (Lipinski definition) is 0. The molecule has 1 heterocycles. The summed E-state index contributed by atoms with van der Waals surface area (Å²) in [6.45, 7) is 0.497. The Hall–Kier alpha value is -3.71. The third kappa shape index (κ3) is 3.19. The molecule has 1 heteroatoms. The molecule has 1 aliphatic carbocycles. The van der Waals surface area contributed by atoms with E-state index in [9.17, 15) is 0 Å². The second-order valence-corrected chi connectivity index (χ2v) is 9.51. The fourth-order valence-electron chi connectivity index (χ4n) is 5.32. The number of aryl methyl sites for hydroxylation is 3. The SMILES string of the molecule is [2H]C([2H])([2H])C1(C([2H])([2H])[2H])c2ccccc2-c2cc3c(-c4cccc(C)c4)cc(-c4cc(C)cc(C)c4)nc3cc21. The Morgan fingerprint density at radius 2 is 1.38 bits per heavy atom. The zero-order valence-corrected chi connectivity index (χ0v) is 19.5. The molecule has 0 amide bonds. The fourth-order valence-corrected chi connectivity index (χ4v) is 5.32. The van der Waals surface area contributed by atoms with E-state index in [1.807, 2.05) is 51.1 Å². The van der Waals surface area contributed by atoms with E-state index in [1.165, 1.54) is 0 Å². The van der Waals surface area contributed by atoms with Crippen LogP contribution in [0.5, 0.6) is 0 Å². The summed E-state index contributed by atoms with van der Waals surface area (Å²) in [5.74, 6) is 0. The van der Waals surface area contributed by atoms with E-state index in [-0.39, 0.29) is 5.56 Å². The first-order valence-electron chi connectivity index (χ1n) is 14.6. The number of rotatable bonds is 2. The fraction of sp³-hybridized carbons (Fsp3) is 0.182. The molecular weight excluding hydrogens is 410 g/mol. The first kappa shape index (κ1) is 15.2. The normalized spacial score (nSPS) is 17.0. The monoisotopic (exact) mass is 445 g/mol. The Labute approximate surface area is 210 Å². The van der Waals surface area contributed by atoms with Gasteiger partial charge in [-0.05, 0) is 84.5 Å². The third-order valence-corrected chi connectivity index (χ3v) is 6.82. The van der Waals surface area contributed by atoms with Gasteiger partial charge in [0.05, 0.1) is 11.2 Å². The molecule has 0 fully saturated rings. The molecule has 0 spiro atoms. The first-order valence-corrected chi connectivity index (χ1v) is 11.6. The first-order chi connectivity index (χ1) is 18.8. The van der Waals surface area contributed by atoms with E-state index < -0.39 is 19.1 Å². The topological polar surface area (TPSA) is 12.9 Å². The van der Waals surface area contributed by atoms with Gasteiger partial charge in [0.25, 0.3) is 0 Å². The molecule has 0 unspecified atom stereocenters. The van der Waals surface area contributed by atoms with Crippen molar-refractivity contribution in [3.8, 4) is 33.5 Å². The van der Waals surface area contributed by atoms with Crippen LogP contribution in [0, 0.1) is 20.8 Å². The molecule has 6 rings (SSSR count).